The molecule has 3 aromatic rings. The van der Waals surface area contributed by atoms with Crippen molar-refractivity contribution in [3.05, 3.63) is 83.7 Å². The molecule has 31 heavy (non-hydrogen) atoms. The van der Waals surface area contributed by atoms with Crippen LogP contribution in [-0.4, -0.2) is 47.3 Å². The minimum atomic E-state index is 0.0415. The fourth-order valence-corrected chi connectivity index (χ4v) is 3.65. The van der Waals surface area contributed by atoms with Gasteiger partial charge in [0.05, 0.1) is 25.5 Å². The van der Waals surface area contributed by atoms with E-state index in [0.717, 1.165) is 42.1 Å². The van der Waals surface area contributed by atoms with E-state index in [0.29, 0.717) is 13.1 Å². The van der Waals surface area contributed by atoms with Crippen LogP contribution in [0.2, 0.25) is 0 Å². The van der Waals surface area contributed by atoms with Crippen LogP contribution >= 0.6 is 0 Å². The number of methoxy groups -OCH3 is 1. The maximum Gasteiger partial charge on any atom is 0.234 e. The first-order valence-electron chi connectivity index (χ1n) is 10.5. The van der Waals surface area contributed by atoms with Crippen molar-refractivity contribution in [1.29, 1.82) is 0 Å². The fraction of sp³-hybridized carbons (Fsp3) is 0.280. The molecule has 0 saturated carbocycles. The highest BCUT2D eigenvalue weighted by Crippen LogP contribution is 2.23. The number of nitrogens with one attached hydrogen (secondary N) is 1. The van der Waals surface area contributed by atoms with Crippen molar-refractivity contribution in [2.75, 3.05) is 26.7 Å². The maximum atomic E-state index is 12.3. The lowest BCUT2D eigenvalue weighted by atomic mass is 10.0. The van der Waals surface area contributed by atoms with E-state index in [4.69, 9.17) is 4.74 Å². The molecule has 2 heterocycles. The van der Waals surface area contributed by atoms with Gasteiger partial charge in [-0.1, -0.05) is 35.9 Å². The summed E-state index contributed by atoms with van der Waals surface area (Å²) in [7, 11) is 1.64. The number of hydrogen-bond acceptors (Lipinski definition) is 4. The standard InChI is InChI=1S/C25H28N4O2/c1-19-3-7-23(8-4-19)29-17-22(16-27-29)21-11-13-28(14-12-21)18-25(30)26-15-20-5-9-24(31-2)10-6-20/h3-11,16-17H,12-15,18H2,1-2H3,(H,26,30). The van der Waals surface area contributed by atoms with Gasteiger partial charge in [-0.25, -0.2) is 4.68 Å². The van der Waals surface area contributed by atoms with Gasteiger partial charge in [-0.2, -0.15) is 5.10 Å². The van der Waals surface area contributed by atoms with E-state index in [1.165, 1.54) is 11.1 Å². The molecule has 0 bridgehead atoms. The molecule has 1 aliphatic rings. The van der Waals surface area contributed by atoms with Crippen LogP contribution in [-0.2, 0) is 11.3 Å². The molecule has 0 aliphatic carbocycles. The summed E-state index contributed by atoms with van der Waals surface area (Å²) in [5.41, 5.74) is 5.78. The van der Waals surface area contributed by atoms with E-state index in [1.54, 1.807) is 7.11 Å². The third kappa shape index (κ3) is 5.41. The number of aromatic nitrogens is 2. The number of nitrogens with zero attached hydrogens (tertiary/aromatic N) is 3. The van der Waals surface area contributed by atoms with Crippen molar-refractivity contribution in [2.24, 2.45) is 0 Å². The molecule has 1 aliphatic heterocycles. The second kappa shape index (κ2) is 9.62. The van der Waals surface area contributed by atoms with Gasteiger partial charge in [0.1, 0.15) is 5.75 Å². The Morgan fingerprint density at radius 2 is 1.90 bits per heavy atom. The van der Waals surface area contributed by atoms with Crippen molar-refractivity contribution in [1.82, 2.24) is 20.0 Å². The first-order chi connectivity index (χ1) is 15.1. The number of ether oxygens (including phenoxy) is 1. The molecule has 0 spiro atoms. The summed E-state index contributed by atoms with van der Waals surface area (Å²) in [6, 6.07) is 16.1. The first-order valence-corrected chi connectivity index (χ1v) is 10.5. The molecule has 4 rings (SSSR count). The number of carbonyl (C=O) groups is 1. The van der Waals surface area contributed by atoms with Crippen LogP contribution in [0.1, 0.15) is 23.1 Å². The summed E-state index contributed by atoms with van der Waals surface area (Å²) in [6.07, 6.45) is 7.11. The van der Waals surface area contributed by atoms with Crippen molar-refractivity contribution in [2.45, 2.75) is 19.9 Å². The third-order valence-electron chi connectivity index (χ3n) is 5.56. The molecule has 1 aromatic heterocycles. The summed E-state index contributed by atoms with van der Waals surface area (Å²) < 4.78 is 7.07. The third-order valence-corrected chi connectivity index (χ3v) is 5.56. The molecule has 160 valence electrons. The number of carbonyl (C=O) groups excluding carboxylic acids is 1. The van der Waals surface area contributed by atoms with Gasteiger partial charge in [0.25, 0.3) is 0 Å². The number of benzene rings is 2. The van der Waals surface area contributed by atoms with Gasteiger partial charge >= 0.3 is 0 Å². The fourth-order valence-electron chi connectivity index (χ4n) is 3.65. The van der Waals surface area contributed by atoms with Crippen LogP contribution in [0.25, 0.3) is 11.3 Å². The Morgan fingerprint density at radius 1 is 1.13 bits per heavy atom. The molecule has 6 nitrogen and oxygen atoms in total. The van der Waals surface area contributed by atoms with Gasteiger partial charge in [-0.3, -0.25) is 9.69 Å². The summed E-state index contributed by atoms with van der Waals surface area (Å²) in [4.78, 5) is 14.5. The SMILES string of the molecule is COc1ccc(CNC(=O)CN2CC=C(c3cnn(-c4ccc(C)cc4)c3)CC2)cc1. The largest absolute Gasteiger partial charge is 0.497 e. The number of hydrogen-bond donors (Lipinski definition) is 1. The highest BCUT2D eigenvalue weighted by atomic mass is 16.5. The van der Waals surface area contributed by atoms with Crippen molar-refractivity contribution < 1.29 is 9.53 Å². The van der Waals surface area contributed by atoms with Crippen LogP contribution < -0.4 is 10.1 Å². The molecule has 0 unspecified atom stereocenters. The topological polar surface area (TPSA) is 59.4 Å². The van der Waals surface area contributed by atoms with Crippen LogP contribution in [0.15, 0.2) is 67.0 Å². The quantitative estimate of drug-likeness (QED) is 0.639. The van der Waals surface area contributed by atoms with Gasteiger partial charge in [-0.05, 0) is 48.7 Å². The van der Waals surface area contributed by atoms with Crippen LogP contribution in [0.5, 0.6) is 5.75 Å². The number of aryl methyl sites for hydroxylation is 1. The van der Waals surface area contributed by atoms with Gasteiger partial charge in [0.15, 0.2) is 0 Å². The van der Waals surface area contributed by atoms with E-state index in [-0.39, 0.29) is 5.91 Å². The molecular formula is C25H28N4O2. The van der Waals surface area contributed by atoms with Crippen LogP contribution in [0.3, 0.4) is 0 Å². The van der Waals surface area contributed by atoms with Crippen molar-refractivity contribution in [3.8, 4) is 11.4 Å². The first kappa shape index (κ1) is 20.9. The Bertz CT molecular complexity index is 1050. The van der Waals surface area contributed by atoms with Crippen molar-refractivity contribution >= 4 is 11.5 Å². The van der Waals surface area contributed by atoms with E-state index in [9.17, 15) is 4.79 Å². The molecule has 6 heteroatoms. The maximum absolute atomic E-state index is 12.3. The highest BCUT2D eigenvalue weighted by Gasteiger charge is 2.16. The average molecular weight is 417 g/mol. The monoisotopic (exact) mass is 416 g/mol. The van der Waals surface area contributed by atoms with Gasteiger partial charge in [0.2, 0.25) is 5.91 Å². The smallest absolute Gasteiger partial charge is 0.234 e. The Labute approximate surface area is 183 Å². The molecule has 1 N–H and O–H groups in total. The summed E-state index contributed by atoms with van der Waals surface area (Å²) in [5.74, 6) is 0.857. The minimum Gasteiger partial charge on any atom is -0.497 e. The lowest BCUT2D eigenvalue weighted by molar-refractivity contribution is -0.122. The van der Waals surface area contributed by atoms with Crippen LogP contribution in [0, 0.1) is 6.92 Å². The van der Waals surface area contributed by atoms with Gasteiger partial charge in [-0.15, -0.1) is 0 Å². The zero-order valence-electron chi connectivity index (χ0n) is 18.0. The number of rotatable bonds is 7. The Hall–Kier alpha value is -3.38. The summed E-state index contributed by atoms with van der Waals surface area (Å²) >= 11 is 0. The zero-order valence-corrected chi connectivity index (χ0v) is 18.0. The Kier molecular flexibility index (Phi) is 6.48. The lowest BCUT2D eigenvalue weighted by Gasteiger charge is -2.25. The minimum absolute atomic E-state index is 0.0415. The predicted molar refractivity (Wildman–Crippen MR) is 122 cm³/mol. The van der Waals surface area contributed by atoms with E-state index < -0.39 is 0 Å². The van der Waals surface area contributed by atoms with Crippen LogP contribution in [0.4, 0.5) is 0 Å². The molecule has 1 amide bonds. The molecule has 0 atom stereocenters. The Morgan fingerprint density at radius 3 is 2.58 bits per heavy atom. The Balaban J connectivity index is 1.28. The van der Waals surface area contributed by atoms with E-state index >= 15 is 0 Å². The van der Waals surface area contributed by atoms with Gasteiger partial charge in [0, 0.05) is 31.4 Å². The van der Waals surface area contributed by atoms with Gasteiger partial charge < -0.3 is 10.1 Å². The number of amides is 1. The highest BCUT2D eigenvalue weighted by molar-refractivity contribution is 5.78. The van der Waals surface area contributed by atoms with E-state index in [2.05, 4.69) is 58.8 Å². The second-order valence-electron chi connectivity index (χ2n) is 7.85. The summed E-state index contributed by atoms with van der Waals surface area (Å²) in [5, 5.41) is 7.51. The predicted octanol–water partition coefficient (Wildman–Crippen LogP) is 3.59. The summed E-state index contributed by atoms with van der Waals surface area (Å²) in [6.45, 7) is 4.63. The van der Waals surface area contributed by atoms with Crippen molar-refractivity contribution in [3.63, 3.8) is 0 Å². The average Bonchev–Trinajstić information content (AvgIpc) is 3.29. The molecular weight excluding hydrogens is 388 g/mol. The van der Waals surface area contributed by atoms with E-state index in [1.807, 2.05) is 35.1 Å². The molecule has 0 radical (unpaired) electrons. The normalized spacial score (nSPS) is 14.2. The molecule has 0 saturated heterocycles. The lowest BCUT2D eigenvalue weighted by Crippen LogP contribution is -2.39. The molecule has 2 aromatic carbocycles. The molecule has 0 fully saturated rings. The zero-order chi connectivity index (χ0) is 21.6. The second-order valence-corrected chi connectivity index (χ2v) is 7.85.